The van der Waals surface area contributed by atoms with E-state index in [2.05, 4.69) is 0 Å². The van der Waals surface area contributed by atoms with Crippen LogP contribution >= 0.6 is 0 Å². The van der Waals surface area contributed by atoms with E-state index in [0.717, 1.165) is 41.0 Å². The molecule has 32 heavy (non-hydrogen) atoms. The highest BCUT2D eigenvalue weighted by molar-refractivity contribution is 7.90. The lowest BCUT2D eigenvalue weighted by Crippen LogP contribution is -2.34. The van der Waals surface area contributed by atoms with Crippen LogP contribution in [0, 0.1) is 0 Å². The fourth-order valence-corrected chi connectivity index (χ4v) is 4.38. The second-order valence-electron chi connectivity index (χ2n) is 7.83. The Bertz CT molecular complexity index is 1230. The molecular weight excluding hydrogens is 422 g/mol. The summed E-state index contributed by atoms with van der Waals surface area (Å²) in [5.74, 6) is 0.645. The van der Waals surface area contributed by atoms with Crippen molar-refractivity contribution >= 4 is 27.5 Å². The topological polar surface area (TPSA) is 63.7 Å². The van der Waals surface area contributed by atoms with Gasteiger partial charge in [0, 0.05) is 24.6 Å². The smallest absolute Gasteiger partial charge is 0.250 e. The van der Waals surface area contributed by atoms with Crippen molar-refractivity contribution in [2.24, 2.45) is 0 Å². The summed E-state index contributed by atoms with van der Waals surface area (Å²) in [7, 11) is -3.27. The van der Waals surface area contributed by atoms with Crippen LogP contribution in [0.3, 0.4) is 0 Å². The molecule has 3 aromatic carbocycles. The number of nitrogens with zero attached hydrogens (tertiary/aromatic N) is 1. The molecule has 0 bridgehead atoms. The van der Waals surface area contributed by atoms with Crippen LogP contribution in [0.25, 0.3) is 6.08 Å². The van der Waals surface area contributed by atoms with Gasteiger partial charge < -0.3 is 9.64 Å². The van der Waals surface area contributed by atoms with Crippen molar-refractivity contribution in [2.75, 3.05) is 17.7 Å². The third-order valence-corrected chi connectivity index (χ3v) is 6.52. The van der Waals surface area contributed by atoms with Gasteiger partial charge in [0.15, 0.2) is 9.84 Å². The first-order valence-corrected chi connectivity index (χ1v) is 12.4. The van der Waals surface area contributed by atoms with Gasteiger partial charge in [0.05, 0.1) is 4.90 Å². The maximum atomic E-state index is 12.8. The molecule has 0 aliphatic carbocycles. The van der Waals surface area contributed by atoms with Gasteiger partial charge in [-0.2, -0.15) is 0 Å². The number of hydrogen-bond donors (Lipinski definition) is 0. The molecule has 0 saturated heterocycles. The number of ether oxygens (including phenoxy) is 1. The van der Waals surface area contributed by atoms with Gasteiger partial charge in [0.2, 0.25) is 0 Å². The molecule has 0 atom stereocenters. The molecule has 0 spiro atoms. The van der Waals surface area contributed by atoms with Crippen molar-refractivity contribution < 1.29 is 17.9 Å². The van der Waals surface area contributed by atoms with E-state index in [0.29, 0.717) is 13.2 Å². The Balaban J connectivity index is 1.41. The summed E-state index contributed by atoms with van der Waals surface area (Å²) in [5, 5.41) is 0. The number of aryl methyl sites for hydroxylation is 1. The summed E-state index contributed by atoms with van der Waals surface area (Å²) in [6.07, 6.45) is 6.09. The zero-order chi connectivity index (χ0) is 22.6. The summed E-state index contributed by atoms with van der Waals surface area (Å²) >= 11 is 0. The van der Waals surface area contributed by atoms with Crippen molar-refractivity contribution in [3.8, 4) is 5.75 Å². The standard InChI is InChI=1S/C26H25NO4S/c1-32(29,30)24-14-15-25-22(18-24)8-5-17-27(25)26(28)16-11-20-9-12-23(13-10-20)31-19-21-6-3-2-4-7-21/h2-4,6-7,9-16,18H,5,8,17,19H2,1H3. The van der Waals surface area contributed by atoms with Gasteiger partial charge in [-0.05, 0) is 65.9 Å². The van der Waals surface area contributed by atoms with Crippen molar-refractivity contribution in [2.45, 2.75) is 24.3 Å². The van der Waals surface area contributed by atoms with Crippen LogP contribution in [-0.4, -0.2) is 27.1 Å². The number of benzene rings is 3. The first-order valence-electron chi connectivity index (χ1n) is 10.5. The number of sulfone groups is 1. The van der Waals surface area contributed by atoms with Crippen molar-refractivity contribution in [3.05, 3.63) is 95.6 Å². The highest BCUT2D eigenvalue weighted by Gasteiger charge is 2.22. The van der Waals surface area contributed by atoms with Crippen LogP contribution in [0.2, 0.25) is 0 Å². The number of rotatable bonds is 6. The van der Waals surface area contributed by atoms with Crippen molar-refractivity contribution in [1.29, 1.82) is 0 Å². The van der Waals surface area contributed by atoms with Crippen molar-refractivity contribution in [1.82, 2.24) is 0 Å². The monoisotopic (exact) mass is 447 g/mol. The Kier molecular flexibility index (Phi) is 6.42. The molecule has 0 fully saturated rings. The van der Waals surface area contributed by atoms with E-state index in [-0.39, 0.29) is 10.8 Å². The fraction of sp³-hybridized carbons (Fsp3) is 0.192. The third-order valence-electron chi connectivity index (χ3n) is 5.41. The summed E-state index contributed by atoms with van der Waals surface area (Å²) in [4.78, 5) is 14.8. The fourth-order valence-electron chi connectivity index (χ4n) is 3.71. The molecule has 6 heteroatoms. The predicted octanol–water partition coefficient (Wildman–Crippen LogP) is 4.66. The van der Waals surface area contributed by atoms with Crippen LogP contribution in [0.4, 0.5) is 5.69 Å². The molecule has 1 heterocycles. The van der Waals surface area contributed by atoms with E-state index in [9.17, 15) is 13.2 Å². The summed E-state index contributed by atoms with van der Waals surface area (Å²) in [5.41, 5.74) is 3.67. The number of carbonyl (C=O) groups is 1. The SMILES string of the molecule is CS(=O)(=O)c1ccc2c(c1)CCCN2C(=O)C=Cc1ccc(OCc2ccccc2)cc1. The quantitative estimate of drug-likeness (QED) is 0.516. The van der Waals surface area contributed by atoms with E-state index in [1.54, 1.807) is 35.3 Å². The van der Waals surface area contributed by atoms with Crippen LogP contribution < -0.4 is 9.64 Å². The molecule has 1 aliphatic rings. The Morgan fingerprint density at radius 3 is 2.50 bits per heavy atom. The van der Waals surface area contributed by atoms with Crippen LogP contribution in [-0.2, 0) is 27.7 Å². The van der Waals surface area contributed by atoms with Gasteiger partial charge in [0.1, 0.15) is 12.4 Å². The second-order valence-corrected chi connectivity index (χ2v) is 9.85. The average Bonchev–Trinajstić information content (AvgIpc) is 2.81. The van der Waals surface area contributed by atoms with E-state index in [4.69, 9.17) is 4.74 Å². The van der Waals surface area contributed by atoms with Gasteiger partial charge in [0.25, 0.3) is 5.91 Å². The molecule has 0 aromatic heterocycles. The number of amides is 1. The predicted molar refractivity (Wildman–Crippen MR) is 126 cm³/mol. The molecule has 0 radical (unpaired) electrons. The van der Waals surface area contributed by atoms with E-state index < -0.39 is 9.84 Å². The number of anilines is 1. The zero-order valence-electron chi connectivity index (χ0n) is 17.9. The number of hydrogen-bond acceptors (Lipinski definition) is 4. The molecule has 164 valence electrons. The number of carbonyl (C=O) groups excluding carboxylic acids is 1. The first kappa shape index (κ1) is 21.8. The maximum Gasteiger partial charge on any atom is 0.250 e. The zero-order valence-corrected chi connectivity index (χ0v) is 18.7. The maximum absolute atomic E-state index is 12.8. The first-order chi connectivity index (χ1) is 15.4. The Labute approximate surface area is 188 Å². The highest BCUT2D eigenvalue weighted by Crippen LogP contribution is 2.30. The van der Waals surface area contributed by atoms with Gasteiger partial charge in [-0.3, -0.25) is 4.79 Å². The molecule has 5 nitrogen and oxygen atoms in total. The van der Waals surface area contributed by atoms with Gasteiger partial charge in [-0.15, -0.1) is 0 Å². The Hall–Kier alpha value is -3.38. The van der Waals surface area contributed by atoms with Gasteiger partial charge in [-0.25, -0.2) is 8.42 Å². The van der Waals surface area contributed by atoms with Crippen LogP contribution in [0.15, 0.2) is 83.8 Å². The third kappa shape index (κ3) is 5.26. The summed E-state index contributed by atoms with van der Waals surface area (Å²) < 4.78 is 29.5. The highest BCUT2D eigenvalue weighted by atomic mass is 32.2. The normalized spacial score (nSPS) is 13.7. The van der Waals surface area contributed by atoms with Gasteiger partial charge >= 0.3 is 0 Å². The molecule has 3 aromatic rings. The van der Waals surface area contributed by atoms with E-state index >= 15 is 0 Å². The van der Waals surface area contributed by atoms with Crippen LogP contribution in [0.5, 0.6) is 5.75 Å². The molecule has 1 aliphatic heterocycles. The Morgan fingerprint density at radius 2 is 1.78 bits per heavy atom. The minimum absolute atomic E-state index is 0.123. The summed E-state index contributed by atoms with van der Waals surface area (Å²) in [6.45, 7) is 1.12. The van der Waals surface area contributed by atoms with E-state index in [1.165, 1.54) is 6.26 Å². The minimum atomic E-state index is -3.27. The van der Waals surface area contributed by atoms with Crippen LogP contribution in [0.1, 0.15) is 23.1 Å². The average molecular weight is 448 g/mol. The molecule has 1 amide bonds. The molecular formula is C26H25NO4S. The molecule has 0 unspecified atom stereocenters. The molecule has 0 saturated carbocycles. The largest absolute Gasteiger partial charge is 0.489 e. The lowest BCUT2D eigenvalue weighted by molar-refractivity contribution is -0.114. The lowest BCUT2D eigenvalue weighted by atomic mass is 10.0. The number of fused-ring (bicyclic) bond motifs is 1. The summed E-state index contributed by atoms with van der Waals surface area (Å²) in [6, 6.07) is 22.5. The Morgan fingerprint density at radius 1 is 1.03 bits per heavy atom. The lowest BCUT2D eigenvalue weighted by Gasteiger charge is -2.29. The van der Waals surface area contributed by atoms with Crippen molar-refractivity contribution in [3.63, 3.8) is 0 Å². The van der Waals surface area contributed by atoms with Gasteiger partial charge in [-0.1, -0.05) is 42.5 Å². The van der Waals surface area contributed by atoms with E-state index in [1.807, 2.05) is 54.6 Å². The molecule has 0 N–H and O–H groups in total. The minimum Gasteiger partial charge on any atom is -0.489 e. The molecule has 4 rings (SSSR count). The second kappa shape index (κ2) is 9.40.